The molecule has 0 bridgehead atoms. The van der Waals surface area contributed by atoms with Gasteiger partial charge in [-0.1, -0.05) is 22.0 Å². The van der Waals surface area contributed by atoms with Gasteiger partial charge in [-0.15, -0.1) is 0 Å². The average Bonchev–Trinajstić information content (AvgIpc) is 3.08. The fourth-order valence-electron chi connectivity index (χ4n) is 1.93. The van der Waals surface area contributed by atoms with Gasteiger partial charge in [0.25, 0.3) is 0 Å². The van der Waals surface area contributed by atoms with Gasteiger partial charge in [0.15, 0.2) is 0 Å². The maximum Gasteiger partial charge on any atom is 0.303 e. The number of ether oxygens (including phenoxy) is 1. The molecule has 1 aliphatic rings. The lowest BCUT2D eigenvalue weighted by Gasteiger charge is -2.12. The molecule has 0 aromatic heterocycles. The molecule has 0 atom stereocenters. The summed E-state index contributed by atoms with van der Waals surface area (Å²) in [5.74, 6) is 2.01. The minimum Gasteiger partial charge on any atom is -0.493 e. The van der Waals surface area contributed by atoms with Crippen LogP contribution >= 0.6 is 27.7 Å². The lowest BCUT2D eigenvalue weighted by molar-refractivity contribution is -0.138. The van der Waals surface area contributed by atoms with Crippen LogP contribution in [0.4, 0.5) is 0 Å². The van der Waals surface area contributed by atoms with E-state index in [0.717, 1.165) is 34.6 Å². The highest BCUT2D eigenvalue weighted by molar-refractivity contribution is 9.10. The van der Waals surface area contributed by atoms with Crippen molar-refractivity contribution in [3.8, 4) is 5.75 Å². The van der Waals surface area contributed by atoms with Crippen LogP contribution in [0.1, 0.15) is 19.3 Å². The maximum atomic E-state index is 10.7. The van der Waals surface area contributed by atoms with Crippen molar-refractivity contribution in [1.29, 1.82) is 0 Å². The lowest BCUT2D eigenvalue weighted by atomic mass is 10.1. The molecule has 1 aromatic carbocycles. The Labute approximate surface area is 125 Å². The number of carbonyl (C=O) groups is 1. The number of benzene rings is 1. The standard InChI is InChI=1S/C14H17BrO3S/c15-11-2-1-3-12(8-11)18-6-7-19-10-14(4-5-14)9-13(16)17/h1-3,8H,4-7,9-10H2,(H,16,17). The second-order valence-electron chi connectivity index (χ2n) is 4.93. The van der Waals surface area contributed by atoms with Gasteiger partial charge >= 0.3 is 5.97 Å². The third-order valence-corrected chi connectivity index (χ3v) is 4.95. The largest absolute Gasteiger partial charge is 0.493 e. The third kappa shape index (κ3) is 5.07. The quantitative estimate of drug-likeness (QED) is 0.728. The van der Waals surface area contributed by atoms with E-state index in [1.807, 2.05) is 24.3 Å². The molecule has 1 aromatic rings. The highest BCUT2D eigenvalue weighted by Gasteiger charge is 2.43. The molecular formula is C14H17BrO3S. The Bertz CT molecular complexity index is 446. The van der Waals surface area contributed by atoms with Crippen molar-refractivity contribution >= 4 is 33.7 Å². The van der Waals surface area contributed by atoms with Gasteiger partial charge in [0.1, 0.15) is 5.75 Å². The van der Waals surface area contributed by atoms with Gasteiger partial charge in [-0.05, 0) is 42.2 Å². The molecule has 0 unspecified atom stereocenters. The van der Waals surface area contributed by atoms with Gasteiger partial charge in [0, 0.05) is 10.2 Å². The van der Waals surface area contributed by atoms with Crippen molar-refractivity contribution in [3.63, 3.8) is 0 Å². The Morgan fingerprint density at radius 3 is 2.89 bits per heavy atom. The molecule has 104 valence electrons. The van der Waals surface area contributed by atoms with E-state index < -0.39 is 5.97 Å². The average molecular weight is 345 g/mol. The van der Waals surface area contributed by atoms with Crippen molar-refractivity contribution in [2.45, 2.75) is 19.3 Å². The second kappa shape index (κ2) is 6.66. The van der Waals surface area contributed by atoms with E-state index in [9.17, 15) is 4.79 Å². The summed E-state index contributed by atoms with van der Waals surface area (Å²) in [5, 5.41) is 8.83. The summed E-state index contributed by atoms with van der Waals surface area (Å²) in [6.45, 7) is 0.657. The highest BCUT2D eigenvalue weighted by atomic mass is 79.9. The summed E-state index contributed by atoms with van der Waals surface area (Å²) in [6, 6.07) is 7.78. The van der Waals surface area contributed by atoms with E-state index in [0.29, 0.717) is 13.0 Å². The van der Waals surface area contributed by atoms with E-state index in [2.05, 4.69) is 15.9 Å². The minimum absolute atomic E-state index is 0.0757. The van der Waals surface area contributed by atoms with Crippen molar-refractivity contribution in [1.82, 2.24) is 0 Å². The Hall–Kier alpha value is -0.680. The number of halogens is 1. The summed E-state index contributed by atoms with van der Waals surface area (Å²) >= 11 is 5.19. The molecular weight excluding hydrogens is 328 g/mol. The summed E-state index contributed by atoms with van der Waals surface area (Å²) in [4.78, 5) is 10.7. The first kappa shape index (κ1) is 14.7. The first-order valence-corrected chi connectivity index (χ1v) is 8.22. The van der Waals surface area contributed by atoms with E-state index in [1.54, 1.807) is 11.8 Å². The second-order valence-corrected chi connectivity index (χ2v) is 6.95. The third-order valence-electron chi connectivity index (χ3n) is 3.18. The van der Waals surface area contributed by atoms with E-state index >= 15 is 0 Å². The first-order chi connectivity index (χ1) is 9.10. The lowest BCUT2D eigenvalue weighted by Crippen LogP contribution is -2.12. The molecule has 19 heavy (non-hydrogen) atoms. The number of carboxylic acid groups (broad SMARTS) is 1. The van der Waals surface area contributed by atoms with Crippen LogP contribution in [-0.2, 0) is 4.79 Å². The van der Waals surface area contributed by atoms with Gasteiger partial charge in [-0.2, -0.15) is 11.8 Å². The molecule has 0 saturated heterocycles. The number of thioether (sulfide) groups is 1. The zero-order valence-electron chi connectivity index (χ0n) is 10.6. The summed E-state index contributed by atoms with van der Waals surface area (Å²) in [6.07, 6.45) is 2.42. The molecule has 0 spiro atoms. The van der Waals surface area contributed by atoms with E-state index in [1.165, 1.54) is 0 Å². The van der Waals surface area contributed by atoms with Crippen LogP contribution in [0.2, 0.25) is 0 Å². The SMILES string of the molecule is O=C(O)CC1(CSCCOc2cccc(Br)c2)CC1. The van der Waals surface area contributed by atoms with Crippen LogP contribution in [0, 0.1) is 5.41 Å². The molecule has 1 saturated carbocycles. The fraction of sp³-hybridized carbons (Fsp3) is 0.500. The zero-order chi connectivity index (χ0) is 13.7. The topological polar surface area (TPSA) is 46.5 Å². The predicted octanol–water partition coefficient (Wildman–Crippen LogP) is 3.82. The molecule has 0 amide bonds. The molecule has 2 rings (SSSR count). The summed E-state index contributed by atoms with van der Waals surface area (Å²) < 4.78 is 6.65. The van der Waals surface area contributed by atoms with Crippen LogP contribution in [0.15, 0.2) is 28.7 Å². The van der Waals surface area contributed by atoms with Crippen molar-refractivity contribution in [2.75, 3.05) is 18.1 Å². The van der Waals surface area contributed by atoms with Crippen LogP contribution in [-0.4, -0.2) is 29.2 Å². The Morgan fingerprint density at radius 1 is 1.47 bits per heavy atom. The zero-order valence-corrected chi connectivity index (χ0v) is 13.0. The number of rotatable bonds is 8. The van der Waals surface area contributed by atoms with Crippen LogP contribution < -0.4 is 4.74 Å². The minimum atomic E-state index is -0.677. The van der Waals surface area contributed by atoms with Crippen LogP contribution in [0.3, 0.4) is 0 Å². The van der Waals surface area contributed by atoms with Crippen molar-refractivity contribution in [2.24, 2.45) is 5.41 Å². The van der Waals surface area contributed by atoms with Gasteiger partial charge < -0.3 is 9.84 Å². The first-order valence-electron chi connectivity index (χ1n) is 6.28. The molecule has 0 aliphatic heterocycles. The number of aliphatic carboxylic acids is 1. The Kier molecular flexibility index (Phi) is 5.16. The monoisotopic (exact) mass is 344 g/mol. The van der Waals surface area contributed by atoms with Gasteiger partial charge in [-0.3, -0.25) is 4.79 Å². The van der Waals surface area contributed by atoms with Gasteiger partial charge in [-0.25, -0.2) is 0 Å². The van der Waals surface area contributed by atoms with Crippen molar-refractivity contribution < 1.29 is 14.6 Å². The molecule has 1 N–H and O–H groups in total. The summed E-state index contributed by atoms with van der Waals surface area (Å²) in [5.41, 5.74) is 0.0757. The molecule has 1 fully saturated rings. The van der Waals surface area contributed by atoms with Gasteiger partial charge in [0.05, 0.1) is 13.0 Å². The smallest absolute Gasteiger partial charge is 0.303 e. The molecule has 0 heterocycles. The number of carboxylic acids is 1. The normalized spacial score (nSPS) is 16.1. The van der Waals surface area contributed by atoms with Gasteiger partial charge in [0.2, 0.25) is 0 Å². The Balaban J connectivity index is 1.61. The van der Waals surface area contributed by atoms with E-state index in [4.69, 9.17) is 9.84 Å². The fourth-order valence-corrected chi connectivity index (χ4v) is 3.48. The summed E-state index contributed by atoms with van der Waals surface area (Å²) in [7, 11) is 0. The molecule has 5 heteroatoms. The predicted molar refractivity (Wildman–Crippen MR) is 80.9 cm³/mol. The maximum absolute atomic E-state index is 10.7. The Morgan fingerprint density at radius 2 is 2.26 bits per heavy atom. The number of hydrogen-bond acceptors (Lipinski definition) is 3. The highest BCUT2D eigenvalue weighted by Crippen LogP contribution is 2.50. The molecule has 3 nitrogen and oxygen atoms in total. The molecule has 0 radical (unpaired) electrons. The van der Waals surface area contributed by atoms with Crippen molar-refractivity contribution in [3.05, 3.63) is 28.7 Å². The molecule has 1 aliphatic carbocycles. The van der Waals surface area contributed by atoms with Crippen LogP contribution in [0.25, 0.3) is 0 Å². The van der Waals surface area contributed by atoms with E-state index in [-0.39, 0.29) is 5.41 Å². The van der Waals surface area contributed by atoms with Crippen LogP contribution in [0.5, 0.6) is 5.75 Å². The number of hydrogen-bond donors (Lipinski definition) is 1.